The van der Waals surface area contributed by atoms with E-state index in [0.717, 1.165) is 22.8 Å². The standard InChI is InChI=1S/C23H25Cl/c1-14-10-16-12-15(2)23(17(11-14)13-16)20-8-4-3-6-18(20)19-7-5-9-21(24)22(19)23/h3-9,14-17H,10-13H2,1-2H3. The van der Waals surface area contributed by atoms with Crippen molar-refractivity contribution in [2.45, 2.75) is 44.9 Å². The third kappa shape index (κ3) is 1.76. The minimum Gasteiger partial charge on any atom is -0.0840 e. The van der Waals surface area contributed by atoms with Crippen molar-refractivity contribution in [1.29, 1.82) is 0 Å². The van der Waals surface area contributed by atoms with Gasteiger partial charge in [0, 0.05) is 10.4 Å². The Morgan fingerprint density at radius 1 is 0.875 bits per heavy atom. The van der Waals surface area contributed by atoms with Gasteiger partial charge in [-0.2, -0.15) is 0 Å². The molecule has 0 amide bonds. The third-order valence-corrected chi connectivity index (χ3v) is 7.55. The molecule has 0 aliphatic heterocycles. The molecule has 24 heavy (non-hydrogen) atoms. The predicted molar refractivity (Wildman–Crippen MR) is 101 cm³/mol. The van der Waals surface area contributed by atoms with Crippen molar-refractivity contribution in [3.05, 3.63) is 58.6 Å². The first-order chi connectivity index (χ1) is 11.6. The SMILES string of the molecule is CC1CC2CC(C)C3(c4ccccc4-c4cccc(Cl)c43)C(C1)C2. The first-order valence-corrected chi connectivity index (χ1v) is 9.89. The van der Waals surface area contributed by atoms with Crippen molar-refractivity contribution >= 4 is 11.6 Å². The van der Waals surface area contributed by atoms with E-state index < -0.39 is 0 Å². The van der Waals surface area contributed by atoms with Gasteiger partial charge in [-0.25, -0.2) is 0 Å². The maximum atomic E-state index is 6.86. The molecule has 0 N–H and O–H groups in total. The van der Waals surface area contributed by atoms with Crippen LogP contribution in [0.2, 0.25) is 5.02 Å². The lowest BCUT2D eigenvalue weighted by atomic mass is 9.49. The second kappa shape index (κ2) is 5.11. The van der Waals surface area contributed by atoms with Gasteiger partial charge in [-0.1, -0.05) is 61.8 Å². The van der Waals surface area contributed by atoms with Crippen LogP contribution in [0.1, 0.15) is 50.7 Å². The highest BCUT2D eigenvalue weighted by molar-refractivity contribution is 6.32. The molecule has 0 heterocycles. The Balaban J connectivity index is 1.83. The Bertz CT molecular complexity index is 803. The third-order valence-electron chi connectivity index (χ3n) is 7.24. The van der Waals surface area contributed by atoms with Crippen LogP contribution in [0.15, 0.2) is 42.5 Å². The molecule has 5 atom stereocenters. The molecule has 0 aromatic heterocycles. The van der Waals surface area contributed by atoms with Crippen molar-refractivity contribution in [3.63, 3.8) is 0 Å². The average molecular weight is 337 g/mol. The van der Waals surface area contributed by atoms with Gasteiger partial charge in [0.05, 0.1) is 0 Å². The molecule has 0 nitrogen and oxygen atoms in total. The second-order valence-electron chi connectivity index (χ2n) is 8.59. The summed E-state index contributed by atoms with van der Waals surface area (Å²) in [6.07, 6.45) is 5.50. The molecule has 1 spiro atoms. The lowest BCUT2D eigenvalue weighted by Crippen LogP contribution is -2.49. The average Bonchev–Trinajstić information content (AvgIpc) is 2.86. The fourth-order valence-corrected chi connectivity index (χ4v) is 7.05. The van der Waals surface area contributed by atoms with Crippen LogP contribution in [0, 0.1) is 23.7 Å². The Kier molecular flexibility index (Phi) is 3.20. The van der Waals surface area contributed by atoms with Gasteiger partial charge >= 0.3 is 0 Å². The van der Waals surface area contributed by atoms with Crippen LogP contribution < -0.4 is 0 Å². The van der Waals surface area contributed by atoms with E-state index in [1.54, 1.807) is 5.56 Å². The quantitative estimate of drug-likeness (QED) is 0.502. The first kappa shape index (κ1) is 15.0. The van der Waals surface area contributed by atoms with Crippen LogP contribution in [0.25, 0.3) is 11.1 Å². The summed E-state index contributed by atoms with van der Waals surface area (Å²) < 4.78 is 0. The number of benzene rings is 2. The number of fused-ring (bicyclic) bond motifs is 8. The summed E-state index contributed by atoms with van der Waals surface area (Å²) in [4.78, 5) is 0. The normalized spacial score (nSPS) is 36.5. The Labute approximate surface area is 150 Å². The van der Waals surface area contributed by atoms with Gasteiger partial charge in [0.1, 0.15) is 0 Å². The molecule has 124 valence electrons. The molecular weight excluding hydrogens is 312 g/mol. The van der Waals surface area contributed by atoms with Crippen LogP contribution in [-0.4, -0.2) is 0 Å². The van der Waals surface area contributed by atoms with E-state index in [1.807, 2.05) is 0 Å². The highest BCUT2D eigenvalue weighted by Crippen LogP contribution is 2.65. The van der Waals surface area contributed by atoms with E-state index in [9.17, 15) is 0 Å². The zero-order valence-electron chi connectivity index (χ0n) is 14.6. The summed E-state index contributed by atoms with van der Waals surface area (Å²) >= 11 is 6.86. The van der Waals surface area contributed by atoms with Gasteiger partial charge in [-0.05, 0) is 77.7 Å². The zero-order valence-corrected chi connectivity index (χ0v) is 15.3. The predicted octanol–water partition coefficient (Wildman–Crippen LogP) is 6.70. The Morgan fingerprint density at radius 3 is 2.54 bits per heavy atom. The summed E-state index contributed by atoms with van der Waals surface area (Å²) in [6.45, 7) is 4.95. The smallest absolute Gasteiger partial charge is 0.0453 e. The molecule has 2 saturated carbocycles. The first-order valence-electron chi connectivity index (χ1n) is 9.51. The topological polar surface area (TPSA) is 0 Å². The van der Waals surface area contributed by atoms with Gasteiger partial charge in [-0.3, -0.25) is 0 Å². The van der Waals surface area contributed by atoms with Crippen LogP contribution in [0.4, 0.5) is 0 Å². The fraction of sp³-hybridized carbons (Fsp3) is 0.478. The molecular formula is C23H25Cl. The van der Waals surface area contributed by atoms with Crippen LogP contribution >= 0.6 is 11.6 Å². The van der Waals surface area contributed by atoms with E-state index in [1.165, 1.54) is 42.4 Å². The van der Waals surface area contributed by atoms with Crippen molar-refractivity contribution < 1.29 is 0 Å². The molecule has 3 aliphatic rings. The maximum Gasteiger partial charge on any atom is 0.0453 e. The molecule has 5 unspecified atom stereocenters. The highest BCUT2D eigenvalue weighted by atomic mass is 35.5. The molecule has 2 bridgehead atoms. The monoisotopic (exact) mass is 336 g/mol. The van der Waals surface area contributed by atoms with E-state index >= 15 is 0 Å². The van der Waals surface area contributed by atoms with Gasteiger partial charge in [0.15, 0.2) is 0 Å². The minimum atomic E-state index is 0.134. The summed E-state index contributed by atoms with van der Waals surface area (Å²) in [5, 5.41) is 0.979. The van der Waals surface area contributed by atoms with Crippen LogP contribution in [0.3, 0.4) is 0 Å². The largest absolute Gasteiger partial charge is 0.0840 e. The highest BCUT2D eigenvalue weighted by Gasteiger charge is 2.57. The number of hydrogen-bond donors (Lipinski definition) is 0. The molecule has 3 aliphatic carbocycles. The molecule has 2 fully saturated rings. The van der Waals surface area contributed by atoms with E-state index in [-0.39, 0.29) is 5.41 Å². The van der Waals surface area contributed by atoms with Gasteiger partial charge in [0.25, 0.3) is 0 Å². The van der Waals surface area contributed by atoms with Gasteiger partial charge in [0.2, 0.25) is 0 Å². The fourth-order valence-electron chi connectivity index (χ4n) is 6.72. The number of halogens is 1. The molecule has 2 aromatic carbocycles. The second-order valence-corrected chi connectivity index (χ2v) is 9.00. The lowest BCUT2D eigenvalue weighted by molar-refractivity contribution is 0.0426. The molecule has 5 rings (SSSR count). The van der Waals surface area contributed by atoms with E-state index in [4.69, 9.17) is 11.6 Å². The summed E-state index contributed by atoms with van der Waals surface area (Å²) in [7, 11) is 0. The van der Waals surface area contributed by atoms with Crippen molar-refractivity contribution in [2.24, 2.45) is 23.7 Å². The summed E-state index contributed by atoms with van der Waals surface area (Å²) in [5.41, 5.74) is 5.95. The summed E-state index contributed by atoms with van der Waals surface area (Å²) in [6, 6.07) is 15.6. The lowest BCUT2D eigenvalue weighted by Gasteiger charge is -2.54. The summed E-state index contributed by atoms with van der Waals surface area (Å²) in [5.74, 6) is 3.16. The minimum absolute atomic E-state index is 0.134. The van der Waals surface area contributed by atoms with Crippen molar-refractivity contribution in [1.82, 2.24) is 0 Å². The van der Waals surface area contributed by atoms with Crippen LogP contribution in [0.5, 0.6) is 0 Å². The number of rotatable bonds is 0. The van der Waals surface area contributed by atoms with Crippen molar-refractivity contribution in [3.8, 4) is 11.1 Å². The molecule has 1 heteroatoms. The molecule has 2 aromatic rings. The van der Waals surface area contributed by atoms with E-state index in [2.05, 4.69) is 56.3 Å². The molecule has 0 saturated heterocycles. The van der Waals surface area contributed by atoms with Gasteiger partial charge in [-0.15, -0.1) is 0 Å². The number of hydrogen-bond acceptors (Lipinski definition) is 0. The maximum absolute atomic E-state index is 6.86. The zero-order chi connectivity index (χ0) is 16.5. The Hall–Kier alpha value is -1.27. The van der Waals surface area contributed by atoms with Crippen molar-refractivity contribution in [2.75, 3.05) is 0 Å². The Morgan fingerprint density at radius 2 is 1.67 bits per heavy atom. The molecule has 0 radical (unpaired) electrons. The van der Waals surface area contributed by atoms with E-state index in [0.29, 0.717) is 5.92 Å². The van der Waals surface area contributed by atoms with Gasteiger partial charge < -0.3 is 0 Å². The van der Waals surface area contributed by atoms with Crippen LogP contribution in [-0.2, 0) is 5.41 Å².